The van der Waals surface area contributed by atoms with Crippen molar-refractivity contribution in [1.82, 2.24) is 15.1 Å². The van der Waals surface area contributed by atoms with Gasteiger partial charge in [0, 0.05) is 25.0 Å². The van der Waals surface area contributed by atoms with Crippen molar-refractivity contribution >= 4 is 16.8 Å². The Balaban J connectivity index is 1.79. The summed E-state index contributed by atoms with van der Waals surface area (Å²) in [5.41, 5.74) is 1.16. The summed E-state index contributed by atoms with van der Waals surface area (Å²) in [4.78, 5) is 17.3. The maximum Gasteiger partial charge on any atom is 0.317 e. The third-order valence-electron chi connectivity index (χ3n) is 6.10. The number of fused-ring (bicyclic) bond motifs is 1. The van der Waals surface area contributed by atoms with E-state index in [1.807, 2.05) is 43.1 Å². The van der Waals surface area contributed by atoms with E-state index >= 15 is 0 Å². The van der Waals surface area contributed by atoms with Crippen LogP contribution in [-0.2, 0) is 0 Å². The number of nitrogens with one attached hydrogen (secondary N) is 1. The number of piperidine rings is 1. The fourth-order valence-electron chi connectivity index (χ4n) is 4.69. The van der Waals surface area contributed by atoms with Crippen LogP contribution in [0.1, 0.15) is 38.8 Å². The quantitative estimate of drug-likeness (QED) is 0.857. The number of nitrogens with zero attached hydrogens (tertiary/aromatic N) is 2. The van der Waals surface area contributed by atoms with Crippen molar-refractivity contribution in [2.45, 2.75) is 39.3 Å². The molecule has 28 heavy (non-hydrogen) atoms. The lowest BCUT2D eigenvalue weighted by molar-refractivity contribution is 0.0446. The Labute approximate surface area is 168 Å². The molecule has 2 amide bonds. The van der Waals surface area contributed by atoms with Crippen molar-refractivity contribution in [3.63, 3.8) is 0 Å². The number of amides is 2. The fraction of sp³-hybridized carbons (Fsp3) is 0.522. The predicted molar refractivity (Wildman–Crippen MR) is 115 cm³/mol. The minimum atomic E-state index is -0.0971. The molecule has 0 radical (unpaired) electrons. The molecule has 1 aliphatic heterocycles. The zero-order valence-corrected chi connectivity index (χ0v) is 18.0. The Kier molecular flexibility index (Phi) is 5.84. The number of likely N-dealkylation sites (tertiary alicyclic amines) is 1. The number of carbonyl (C=O) groups is 1. The van der Waals surface area contributed by atoms with Gasteiger partial charge in [0.2, 0.25) is 0 Å². The molecule has 0 aliphatic carbocycles. The molecule has 1 fully saturated rings. The van der Waals surface area contributed by atoms with Gasteiger partial charge in [0.15, 0.2) is 0 Å². The van der Waals surface area contributed by atoms with E-state index in [4.69, 9.17) is 4.74 Å². The molecule has 2 atom stereocenters. The van der Waals surface area contributed by atoms with Crippen molar-refractivity contribution in [2.24, 2.45) is 5.41 Å². The highest BCUT2D eigenvalue weighted by atomic mass is 16.5. The average Bonchev–Trinajstić information content (AvgIpc) is 2.65. The standard InChI is InChI=1S/C23H33N3O2/c1-16(17-11-12-20(28-6)19-10-8-7-9-18(17)19)24-22(27)26(5)21-13-14-25(4)15-23(21,2)3/h7-12,16,21H,13-15H2,1-6H3,(H,24,27). The first-order valence-electron chi connectivity index (χ1n) is 10.0. The van der Waals surface area contributed by atoms with Crippen LogP contribution in [-0.4, -0.2) is 56.2 Å². The molecule has 5 nitrogen and oxygen atoms in total. The molecule has 1 heterocycles. The summed E-state index contributed by atoms with van der Waals surface area (Å²) in [6.45, 7) is 8.55. The van der Waals surface area contributed by atoms with Crippen LogP contribution in [0.3, 0.4) is 0 Å². The van der Waals surface area contributed by atoms with Crippen molar-refractivity contribution in [1.29, 1.82) is 0 Å². The van der Waals surface area contributed by atoms with Gasteiger partial charge in [-0.25, -0.2) is 4.79 Å². The number of rotatable bonds is 4. The maximum absolute atomic E-state index is 13.0. The van der Waals surface area contributed by atoms with Gasteiger partial charge < -0.3 is 19.9 Å². The van der Waals surface area contributed by atoms with Gasteiger partial charge in [-0.1, -0.05) is 44.2 Å². The molecule has 2 unspecified atom stereocenters. The summed E-state index contributed by atoms with van der Waals surface area (Å²) < 4.78 is 5.49. The topological polar surface area (TPSA) is 44.8 Å². The summed E-state index contributed by atoms with van der Waals surface area (Å²) in [5.74, 6) is 0.850. The van der Waals surface area contributed by atoms with Crippen LogP contribution in [0.2, 0.25) is 0 Å². The van der Waals surface area contributed by atoms with Crippen molar-refractivity contribution in [3.05, 3.63) is 42.0 Å². The molecular weight excluding hydrogens is 350 g/mol. The molecule has 0 bridgehead atoms. The summed E-state index contributed by atoms with van der Waals surface area (Å²) >= 11 is 0. The monoisotopic (exact) mass is 383 g/mol. The fourth-order valence-corrected chi connectivity index (χ4v) is 4.69. The first-order chi connectivity index (χ1) is 13.2. The minimum Gasteiger partial charge on any atom is -0.496 e. The molecule has 2 aromatic carbocycles. The minimum absolute atomic E-state index is 0.0185. The molecule has 5 heteroatoms. The Hall–Kier alpha value is -2.27. The second-order valence-electron chi connectivity index (χ2n) is 8.72. The lowest BCUT2D eigenvalue weighted by Crippen LogP contribution is -2.57. The summed E-state index contributed by atoms with van der Waals surface area (Å²) in [6, 6.07) is 12.3. The molecule has 1 saturated heterocycles. The molecule has 2 aromatic rings. The molecule has 3 rings (SSSR count). The van der Waals surface area contributed by atoms with Gasteiger partial charge in [0.1, 0.15) is 5.75 Å². The van der Waals surface area contributed by atoms with Gasteiger partial charge in [0.25, 0.3) is 0 Å². The van der Waals surface area contributed by atoms with Crippen molar-refractivity contribution in [3.8, 4) is 5.75 Å². The highest BCUT2D eigenvalue weighted by molar-refractivity contribution is 5.91. The van der Waals surface area contributed by atoms with Crippen LogP contribution in [0.5, 0.6) is 5.75 Å². The van der Waals surface area contributed by atoms with E-state index in [9.17, 15) is 4.79 Å². The number of methoxy groups -OCH3 is 1. The largest absolute Gasteiger partial charge is 0.496 e. The number of urea groups is 1. The van der Waals surface area contributed by atoms with Gasteiger partial charge >= 0.3 is 6.03 Å². The highest BCUT2D eigenvalue weighted by Gasteiger charge is 2.38. The van der Waals surface area contributed by atoms with E-state index < -0.39 is 0 Å². The Morgan fingerprint density at radius 2 is 1.93 bits per heavy atom. The van der Waals surface area contributed by atoms with Gasteiger partial charge in [-0.3, -0.25) is 0 Å². The first-order valence-corrected chi connectivity index (χ1v) is 10.0. The van der Waals surface area contributed by atoms with E-state index in [1.54, 1.807) is 7.11 Å². The first kappa shape index (κ1) is 20.5. The third kappa shape index (κ3) is 3.95. The van der Waals surface area contributed by atoms with Crippen molar-refractivity contribution < 1.29 is 9.53 Å². The van der Waals surface area contributed by atoms with Crippen molar-refractivity contribution in [2.75, 3.05) is 34.3 Å². The lowest BCUT2D eigenvalue weighted by Gasteiger charge is -2.47. The Morgan fingerprint density at radius 3 is 2.57 bits per heavy atom. The third-order valence-corrected chi connectivity index (χ3v) is 6.10. The second kappa shape index (κ2) is 8.00. The van der Waals surface area contributed by atoms with E-state index in [-0.39, 0.29) is 23.5 Å². The van der Waals surface area contributed by atoms with Gasteiger partial charge in [-0.05, 0) is 49.4 Å². The SMILES string of the molecule is COc1ccc(C(C)NC(=O)N(C)C2CCN(C)CC2(C)C)c2ccccc12. The molecular formula is C23H33N3O2. The van der Waals surface area contributed by atoms with Crippen LogP contribution in [0.25, 0.3) is 10.8 Å². The van der Waals surface area contributed by atoms with Gasteiger partial charge in [-0.2, -0.15) is 0 Å². The van der Waals surface area contributed by atoms with Crippen LogP contribution in [0.15, 0.2) is 36.4 Å². The molecule has 152 valence electrons. The highest BCUT2D eigenvalue weighted by Crippen LogP contribution is 2.33. The second-order valence-corrected chi connectivity index (χ2v) is 8.72. The lowest BCUT2D eigenvalue weighted by atomic mass is 9.78. The zero-order valence-electron chi connectivity index (χ0n) is 18.0. The van der Waals surface area contributed by atoms with Crippen LogP contribution in [0, 0.1) is 5.41 Å². The molecule has 0 spiro atoms. The number of benzene rings is 2. The number of hydrogen-bond donors (Lipinski definition) is 1. The maximum atomic E-state index is 13.0. The van der Waals surface area contributed by atoms with E-state index in [1.165, 1.54) is 0 Å². The zero-order chi connectivity index (χ0) is 20.5. The van der Waals surface area contributed by atoms with Crippen LogP contribution < -0.4 is 10.1 Å². The number of carbonyl (C=O) groups excluding carboxylic acids is 1. The smallest absolute Gasteiger partial charge is 0.317 e. The number of hydrogen-bond acceptors (Lipinski definition) is 3. The summed E-state index contributed by atoms with van der Waals surface area (Å²) in [6.07, 6.45) is 0.993. The number of ether oxygens (including phenoxy) is 1. The Morgan fingerprint density at radius 1 is 1.25 bits per heavy atom. The normalized spacial score (nSPS) is 20.6. The predicted octanol–water partition coefficient (Wildman–Crippen LogP) is 4.28. The average molecular weight is 384 g/mol. The Bertz CT molecular complexity index is 849. The van der Waals surface area contributed by atoms with Crippen LogP contribution >= 0.6 is 0 Å². The van der Waals surface area contributed by atoms with Crippen LogP contribution in [0.4, 0.5) is 4.79 Å². The summed E-state index contributed by atoms with van der Waals surface area (Å²) in [5, 5.41) is 5.38. The van der Waals surface area contributed by atoms with E-state index in [0.717, 1.165) is 41.6 Å². The molecule has 0 saturated carbocycles. The molecule has 1 aliphatic rings. The molecule has 1 N–H and O–H groups in total. The van der Waals surface area contributed by atoms with Gasteiger partial charge in [0.05, 0.1) is 13.2 Å². The summed E-state index contributed by atoms with van der Waals surface area (Å²) in [7, 11) is 5.76. The van der Waals surface area contributed by atoms with Gasteiger partial charge in [-0.15, -0.1) is 0 Å². The van der Waals surface area contributed by atoms with E-state index in [0.29, 0.717) is 0 Å². The van der Waals surface area contributed by atoms with E-state index in [2.05, 4.69) is 43.2 Å². The molecule has 0 aromatic heterocycles.